The first-order chi connectivity index (χ1) is 20.1. The molecule has 0 bridgehead atoms. The van der Waals surface area contributed by atoms with E-state index in [0.29, 0.717) is 17.5 Å². The van der Waals surface area contributed by atoms with Crippen molar-refractivity contribution in [3.63, 3.8) is 0 Å². The number of allylic oxidation sites excluding steroid dienone is 3. The number of aliphatic carboxylic acids is 2. The van der Waals surface area contributed by atoms with Crippen LogP contribution in [0.2, 0.25) is 0 Å². The van der Waals surface area contributed by atoms with Crippen molar-refractivity contribution < 1.29 is 44.1 Å². The molecule has 5 rings (SSSR count). The zero-order valence-electron chi connectivity index (χ0n) is 23.1. The summed E-state index contributed by atoms with van der Waals surface area (Å²) in [6.07, 6.45) is 4.17. The quantitative estimate of drug-likeness (QED) is 0.264. The molecule has 0 aromatic heterocycles. The number of amides is 4. The largest absolute Gasteiger partial charge is 0.507 e. The van der Waals surface area contributed by atoms with Crippen LogP contribution in [0.3, 0.4) is 0 Å². The highest BCUT2D eigenvalue weighted by atomic mass is 16.4. The molecule has 0 radical (unpaired) electrons. The number of hydrogen-bond acceptors (Lipinski definition) is 7. The molecule has 42 heavy (non-hydrogen) atoms. The van der Waals surface area contributed by atoms with Crippen molar-refractivity contribution in [2.45, 2.75) is 50.9 Å². The number of carboxylic acid groups (broad SMARTS) is 2. The highest BCUT2D eigenvalue weighted by Gasteiger charge is 2.62. The molecular formula is C31H34N2O9. The Morgan fingerprint density at radius 2 is 1.45 bits per heavy atom. The van der Waals surface area contributed by atoms with E-state index in [1.807, 2.05) is 6.08 Å². The normalized spacial score (nSPS) is 28.3. The predicted molar refractivity (Wildman–Crippen MR) is 147 cm³/mol. The summed E-state index contributed by atoms with van der Waals surface area (Å²) in [6, 6.07) is 5.22. The summed E-state index contributed by atoms with van der Waals surface area (Å²) in [5.41, 5.74) is 1.80. The Morgan fingerprint density at radius 3 is 2.05 bits per heavy atom. The van der Waals surface area contributed by atoms with Gasteiger partial charge in [0.2, 0.25) is 23.6 Å². The fourth-order valence-electron chi connectivity index (χ4n) is 7.47. The number of fused-ring (bicyclic) bond motifs is 4. The smallest absolute Gasteiger partial charge is 0.303 e. The minimum absolute atomic E-state index is 0.00629. The Morgan fingerprint density at radius 1 is 0.857 bits per heavy atom. The van der Waals surface area contributed by atoms with E-state index in [1.165, 1.54) is 0 Å². The third kappa shape index (κ3) is 4.90. The lowest BCUT2D eigenvalue weighted by atomic mass is 9.57. The maximum atomic E-state index is 13.8. The molecule has 2 saturated heterocycles. The number of benzene rings is 1. The number of para-hydroxylation sites is 1. The molecule has 222 valence electrons. The van der Waals surface area contributed by atoms with Crippen LogP contribution in [0.4, 0.5) is 0 Å². The molecule has 0 unspecified atom stereocenters. The van der Waals surface area contributed by atoms with Crippen LogP contribution in [0.1, 0.15) is 55.6 Å². The van der Waals surface area contributed by atoms with Crippen molar-refractivity contribution >= 4 is 35.6 Å². The zero-order valence-corrected chi connectivity index (χ0v) is 23.1. The van der Waals surface area contributed by atoms with Crippen LogP contribution in [0, 0.1) is 29.6 Å². The lowest BCUT2D eigenvalue weighted by molar-refractivity contribution is -0.143. The SMILES string of the molecule is C=CCc1cccc([C@H]2C3=CC[C@@H]4C(=O)N(CCCC(=O)O)C(=O)[C@@H]4[C@@H]3C[C@H]3C(=O)N(CCCC(=O)O)C(=O)[C@@H]23)c1O. The van der Waals surface area contributed by atoms with Gasteiger partial charge in [-0.1, -0.05) is 35.9 Å². The monoisotopic (exact) mass is 578 g/mol. The van der Waals surface area contributed by atoms with Gasteiger partial charge in [-0.3, -0.25) is 38.6 Å². The van der Waals surface area contributed by atoms with Gasteiger partial charge in [-0.25, -0.2) is 0 Å². The van der Waals surface area contributed by atoms with Crippen LogP contribution in [0.15, 0.2) is 42.5 Å². The van der Waals surface area contributed by atoms with E-state index in [-0.39, 0.29) is 63.3 Å². The Bertz CT molecular complexity index is 1400. The molecule has 2 heterocycles. The topological polar surface area (TPSA) is 170 Å². The molecule has 2 aliphatic carbocycles. The van der Waals surface area contributed by atoms with Gasteiger partial charge in [-0.15, -0.1) is 6.58 Å². The van der Waals surface area contributed by atoms with Gasteiger partial charge in [0.15, 0.2) is 0 Å². The second-order valence-corrected chi connectivity index (χ2v) is 11.5. The van der Waals surface area contributed by atoms with Crippen LogP contribution < -0.4 is 0 Å². The minimum atomic E-state index is -1.03. The number of rotatable bonds is 11. The maximum absolute atomic E-state index is 13.8. The summed E-state index contributed by atoms with van der Waals surface area (Å²) in [6.45, 7) is 3.69. The molecule has 11 heteroatoms. The average molecular weight is 579 g/mol. The number of carboxylic acids is 2. The fourth-order valence-corrected chi connectivity index (χ4v) is 7.47. The number of phenols is 1. The Hall–Kier alpha value is -4.28. The number of aromatic hydroxyl groups is 1. The standard InChI is InChI=1S/C31H34N2O9/c1-2-6-16-7-3-8-18(27(16)38)24-17-11-12-19-25(30(41)32(28(19)39)13-4-9-22(34)35)20(17)15-21-26(24)31(42)33(29(21)40)14-5-10-23(36)37/h2-3,7-8,11,19-21,24-26,38H,1,4-6,9-10,12-15H2,(H,34,35)(H,36,37)/t19-,20+,21+,24+,25-,26+/m0/s1. The number of carbonyl (C=O) groups is 6. The van der Waals surface area contributed by atoms with Crippen LogP contribution in [-0.2, 0) is 35.2 Å². The van der Waals surface area contributed by atoms with Gasteiger partial charge in [-0.2, -0.15) is 0 Å². The number of imide groups is 2. The van der Waals surface area contributed by atoms with Gasteiger partial charge in [-0.05, 0) is 43.6 Å². The Labute approximate surface area is 242 Å². The lowest BCUT2D eigenvalue weighted by Crippen LogP contribution is -2.43. The molecule has 4 aliphatic rings. The van der Waals surface area contributed by atoms with E-state index in [9.17, 15) is 33.9 Å². The first kappa shape index (κ1) is 29.2. The molecule has 1 aromatic rings. The van der Waals surface area contributed by atoms with Crippen molar-refractivity contribution in [1.82, 2.24) is 9.80 Å². The van der Waals surface area contributed by atoms with Gasteiger partial charge in [0, 0.05) is 37.4 Å². The van der Waals surface area contributed by atoms with Crippen molar-refractivity contribution in [1.29, 1.82) is 0 Å². The van der Waals surface area contributed by atoms with E-state index in [1.54, 1.807) is 24.3 Å². The first-order valence-corrected chi connectivity index (χ1v) is 14.3. The van der Waals surface area contributed by atoms with Crippen LogP contribution in [0.25, 0.3) is 0 Å². The molecular weight excluding hydrogens is 544 g/mol. The van der Waals surface area contributed by atoms with E-state index < -0.39 is 65.2 Å². The molecule has 2 aliphatic heterocycles. The molecule has 3 fully saturated rings. The summed E-state index contributed by atoms with van der Waals surface area (Å²) in [4.78, 5) is 78.8. The van der Waals surface area contributed by atoms with Gasteiger partial charge in [0.1, 0.15) is 5.75 Å². The molecule has 4 amide bonds. The Balaban J connectivity index is 1.54. The van der Waals surface area contributed by atoms with Crippen LogP contribution in [0.5, 0.6) is 5.75 Å². The second-order valence-electron chi connectivity index (χ2n) is 11.5. The third-order valence-electron chi connectivity index (χ3n) is 9.23. The third-order valence-corrected chi connectivity index (χ3v) is 9.23. The van der Waals surface area contributed by atoms with Crippen molar-refractivity contribution in [3.8, 4) is 5.75 Å². The van der Waals surface area contributed by atoms with Gasteiger partial charge < -0.3 is 15.3 Å². The fraction of sp³-hybridized carbons (Fsp3) is 0.484. The Kier molecular flexibility index (Phi) is 8.03. The molecule has 1 aromatic carbocycles. The zero-order chi connectivity index (χ0) is 30.3. The van der Waals surface area contributed by atoms with Gasteiger partial charge in [0.05, 0.1) is 23.7 Å². The second kappa shape index (κ2) is 11.5. The van der Waals surface area contributed by atoms with Crippen LogP contribution >= 0.6 is 0 Å². The summed E-state index contributed by atoms with van der Waals surface area (Å²) < 4.78 is 0. The van der Waals surface area contributed by atoms with Crippen LogP contribution in [-0.4, -0.2) is 73.8 Å². The molecule has 6 atom stereocenters. The number of hydrogen-bond donors (Lipinski definition) is 3. The average Bonchev–Trinajstić information content (AvgIpc) is 3.33. The molecule has 0 spiro atoms. The maximum Gasteiger partial charge on any atom is 0.303 e. The highest BCUT2D eigenvalue weighted by Crippen LogP contribution is 2.59. The number of phenolic OH excluding ortho intramolecular Hbond substituents is 1. The van der Waals surface area contributed by atoms with E-state index in [4.69, 9.17) is 10.2 Å². The number of likely N-dealkylation sites (tertiary alicyclic amines) is 2. The van der Waals surface area contributed by atoms with Crippen molar-refractivity contribution in [2.24, 2.45) is 29.6 Å². The minimum Gasteiger partial charge on any atom is -0.507 e. The lowest BCUT2D eigenvalue weighted by Gasteiger charge is -2.44. The van der Waals surface area contributed by atoms with E-state index in [2.05, 4.69) is 6.58 Å². The van der Waals surface area contributed by atoms with Gasteiger partial charge >= 0.3 is 11.9 Å². The highest BCUT2D eigenvalue weighted by molar-refractivity contribution is 6.08. The summed E-state index contributed by atoms with van der Waals surface area (Å²) in [5.74, 6) is -7.99. The summed E-state index contributed by atoms with van der Waals surface area (Å²) in [5, 5.41) is 29.4. The molecule has 11 nitrogen and oxygen atoms in total. The molecule has 3 N–H and O–H groups in total. The predicted octanol–water partition coefficient (Wildman–Crippen LogP) is 2.49. The van der Waals surface area contributed by atoms with Gasteiger partial charge in [0.25, 0.3) is 0 Å². The van der Waals surface area contributed by atoms with E-state index in [0.717, 1.165) is 15.4 Å². The first-order valence-electron chi connectivity index (χ1n) is 14.3. The summed E-state index contributed by atoms with van der Waals surface area (Å²) in [7, 11) is 0. The van der Waals surface area contributed by atoms with E-state index >= 15 is 0 Å². The molecule has 1 saturated carbocycles. The van der Waals surface area contributed by atoms with Crippen molar-refractivity contribution in [3.05, 3.63) is 53.6 Å². The summed E-state index contributed by atoms with van der Waals surface area (Å²) >= 11 is 0. The van der Waals surface area contributed by atoms with Crippen molar-refractivity contribution in [2.75, 3.05) is 13.1 Å². The number of carbonyl (C=O) groups excluding carboxylic acids is 4. The number of nitrogens with zero attached hydrogens (tertiary/aromatic N) is 2.